The number of rotatable bonds is 4. The Labute approximate surface area is 149 Å². The highest BCUT2D eigenvalue weighted by Gasteiger charge is 2.38. The molecule has 0 saturated carbocycles. The molecule has 2 rings (SSSR count). The molecule has 0 radical (unpaired) electrons. The van der Waals surface area contributed by atoms with Gasteiger partial charge in [0.1, 0.15) is 0 Å². The van der Waals surface area contributed by atoms with E-state index in [0.29, 0.717) is 30.6 Å². The van der Waals surface area contributed by atoms with Crippen LogP contribution in [-0.2, 0) is 20.5 Å². The minimum absolute atomic E-state index is 0. The lowest BCUT2D eigenvalue weighted by molar-refractivity contribution is 0.0600. The number of sulfonamides is 1. The summed E-state index contributed by atoms with van der Waals surface area (Å²) in [7, 11) is -2.16. The number of esters is 1. The lowest BCUT2D eigenvalue weighted by Gasteiger charge is -2.41. The van der Waals surface area contributed by atoms with Crippen molar-refractivity contribution in [2.45, 2.75) is 32.1 Å². The van der Waals surface area contributed by atoms with Crippen LogP contribution >= 0.6 is 12.4 Å². The van der Waals surface area contributed by atoms with Gasteiger partial charge in [-0.25, -0.2) is 17.5 Å². The summed E-state index contributed by atoms with van der Waals surface area (Å²) in [6, 6.07) is 6.52. The third-order valence-electron chi connectivity index (χ3n) is 4.37. The number of hydrogen-bond acceptors (Lipinski definition) is 5. The Bertz CT molecular complexity index is 691. The van der Waals surface area contributed by atoms with Gasteiger partial charge < -0.3 is 10.5 Å². The average Bonchev–Trinajstić information content (AvgIpc) is 2.48. The van der Waals surface area contributed by atoms with Gasteiger partial charge in [0, 0.05) is 19.1 Å². The number of benzene rings is 1. The van der Waals surface area contributed by atoms with Crippen LogP contribution in [0.25, 0.3) is 0 Å². The minimum atomic E-state index is -3.45. The van der Waals surface area contributed by atoms with E-state index in [1.165, 1.54) is 11.4 Å². The molecule has 1 atom stereocenters. The maximum absolute atomic E-state index is 12.7. The zero-order valence-electron chi connectivity index (χ0n) is 14.2. The summed E-state index contributed by atoms with van der Waals surface area (Å²) in [6.07, 6.45) is 0.647. The van der Waals surface area contributed by atoms with Crippen LogP contribution in [0.3, 0.4) is 0 Å². The smallest absolute Gasteiger partial charge is 0.337 e. The van der Waals surface area contributed by atoms with Gasteiger partial charge in [-0.15, -0.1) is 12.4 Å². The second-order valence-electron chi connectivity index (χ2n) is 6.67. The SMILES string of the molecule is COC(=O)c1cccc(CS(=O)(=O)N2CCC(N)C(C)(C)C2)c1.Cl. The fourth-order valence-corrected chi connectivity index (χ4v) is 4.47. The first-order valence-corrected chi connectivity index (χ1v) is 9.17. The molecular formula is C16H25ClN2O4S. The number of nitrogens with zero attached hydrogens (tertiary/aromatic N) is 1. The highest BCUT2D eigenvalue weighted by Crippen LogP contribution is 2.30. The van der Waals surface area contributed by atoms with Gasteiger partial charge in [-0.1, -0.05) is 26.0 Å². The number of carbonyl (C=O) groups excluding carboxylic acids is 1. The summed E-state index contributed by atoms with van der Waals surface area (Å²) >= 11 is 0. The Morgan fingerprint density at radius 2 is 2.08 bits per heavy atom. The summed E-state index contributed by atoms with van der Waals surface area (Å²) < 4.78 is 31.5. The second kappa shape index (κ2) is 7.82. The zero-order valence-corrected chi connectivity index (χ0v) is 15.8. The predicted molar refractivity (Wildman–Crippen MR) is 95.6 cm³/mol. The molecule has 2 N–H and O–H groups in total. The summed E-state index contributed by atoms with van der Waals surface area (Å²) in [4.78, 5) is 11.6. The highest BCUT2D eigenvalue weighted by atomic mass is 35.5. The van der Waals surface area contributed by atoms with E-state index in [-0.39, 0.29) is 29.6 Å². The summed E-state index contributed by atoms with van der Waals surface area (Å²) in [5, 5.41) is 0. The molecule has 0 bridgehead atoms. The van der Waals surface area contributed by atoms with Crippen LogP contribution in [0.2, 0.25) is 0 Å². The first-order chi connectivity index (χ1) is 10.7. The van der Waals surface area contributed by atoms with E-state index in [9.17, 15) is 13.2 Å². The standard InChI is InChI=1S/C16H24N2O4S.ClH/c1-16(2)11-18(8-7-14(16)17)23(20,21)10-12-5-4-6-13(9-12)15(19)22-3;/h4-6,9,14H,7-8,10-11,17H2,1-3H3;1H. The number of nitrogens with two attached hydrogens (primary N) is 1. The maximum atomic E-state index is 12.7. The number of methoxy groups -OCH3 is 1. The number of piperidine rings is 1. The van der Waals surface area contributed by atoms with Crippen molar-refractivity contribution in [1.82, 2.24) is 4.31 Å². The van der Waals surface area contributed by atoms with Crippen molar-refractivity contribution in [3.05, 3.63) is 35.4 Å². The third-order valence-corrected chi connectivity index (χ3v) is 6.16. The molecule has 136 valence electrons. The lowest BCUT2D eigenvalue weighted by Crippen LogP contribution is -2.54. The molecule has 8 heteroatoms. The van der Waals surface area contributed by atoms with Crippen molar-refractivity contribution < 1.29 is 17.9 Å². The Balaban J connectivity index is 0.00000288. The molecule has 1 aromatic rings. The Morgan fingerprint density at radius 3 is 2.67 bits per heavy atom. The van der Waals surface area contributed by atoms with E-state index in [1.807, 2.05) is 13.8 Å². The fourth-order valence-electron chi connectivity index (χ4n) is 2.77. The molecule has 1 saturated heterocycles. The van der Waals surface area contributed by atoms with Gasteiger partial charge in [-0.2, -0.15) is 0 Å². The maximum Gasteiger partial charge on any atom is 0.337 e. The second-order valence-corrected chi connectivity index (χ2v) is 8.63. The molecule has 1 aromatic carbocycles. The van der Waals surface area contributed by atoms with Gasteiger partial charge in [0.15, 0.2) is 0 Å². The molecular weight excluding hydrogens is 352 g/mol. The molecule has 1 fully saturated rings. The number of carbonyl (C=O) groups is 1. The van der Waals surface area contributed by atoms with Crippen LogP contribution < -0.4 is 5.73 Å². The number of halogens is 1. The van der Waals surface area contributed by atoms with Crippen molar-refractivity contribution >= 4 is 28.4 Å². The van der Waals surface area contributed by atoms with E-state index in [0.717, 1.165) is 0 Å². The number of ether oxygens (including phenoxy) is 1. The van der Waals surface area contributed by atoms with Crippen LogP contribution in [0.4, 0.5) is 0 Å². The molecule has 0 aromatic heterocycles. The summed E-state index contributed by atoms with van der Waals surface area (Å²) in [5.41, 5.74) is 6.73. The van der Waals surface area contributed by atoms with Gasteiger partial charge in [0.05, 0.1) is 18.4 Å². The van der Waals surface area contributed by atoms with E-state index in [2.05, 4.69) is 4.74 Å². The quantitative estimate of drug-likeness (QED) is 0.809. The van der Waals surface area contributed by atoms with E-state index in [4.69, 9.17) is 5.73 Å². The predicted octanol–water partition coefficient (Wildman–Crippen LogP) is 1.78. The fraction of sp³-hybridized carbons (Fsp3) is 0.562. The van der Waals surface area contributed by atoms with E-state index < -0.39 is 16.0 Å². The average molecular weight is 377 g/mol. The first-order valence-electron chi connectivity index (χ1n) is 7.56. The minimum Gasteiger partial charge on any atom is -0.465 e. The monoisotopic (exact) mass is 376 g/mol. The highest BCUT2D eigenvalue weighted by molar-refractivity contribution is 7.88. The molecule has 1 heterocycles. The van der Waals surface area contributed by atoms with Gasteiger partial charge in [0.25, 0.3) is 0 Å². The molecule has 24 heavy (non-hydrogen) atoms. The lowest BCUT2D eigenvalue weighted by atomic mass is 9.81. The Hall–Kier alpha value is -1.15. The van der Waals surface area contributed by atoms with Crippen LogP contribution in [0.1, 0.15) is 36.2 Å². The topological polar surface area (TPSA) is 89.7 Å². The summed E-state index contributed by atoms with van der Waals surface area (Å²) in [5.74, 6) is -0.613. The first kappa shape index (κ1) is 20.9. The zero-order chi connectivity index (χ0) is 17.3. The van der Waals surface area contributed by atoms with Crippen LogP contribution in [0.5, 0.6) is 0 Å². The van der Waals surface area contributed by atoms with Gasteiger partial charge in [-0.05, 0) is 29.5 Å². The van der Waals surface area contributed by atoms with Crippen molar-refractivity contribution in [1.29, 1.82) is 0 Å². The largest absolute Gasteiger partial charge is 0.465 e. The molecule has 0 spiro atoms. The number of hydrogen-bond donors (Lipinski definition) is 1. The van der Waals surface area contributed by atoms with Crippen molar-refractivity contribution in [3.8, 4) is 0 Å². The van der Waals surface area contributed by atoms with E-state index >= 15 is 0 Å². The Morgan fingerprint density at radius 1 is 1.42 bits per heavy atom. The van der Waals surface area contributed by atoms with Crippen LogP contribution in [0.15, 0.2) is 24.3 Å². The van der Waals surface area contributed by atoms with Gasteiger partial charge >= 0.3 is 5.97 Å². The molecule has 1 unspecified atom stereocenters. The normalized spacial score (nSPS) is 20.9. The third kappa shape index (κ3) is 4.69. The van der Waals surface area contributed by atoms with Gasteiger partial charge in [-0.3, -0.25) is 0 Å². The van der Waals surface area contributed by atoms with Crippen LogP contribution in [-0.4, -0.2) is 44.9 Å². The van der Waals surface area contributed by atoms with Crippen molar-refractivity contribution in [3.63, 3.8) is 0 Å². The van der Waals surface area contributed by atoms with Crippen molar-refractivity contribution in [2.75, 3.05) is 20.2 Å². The molecule has 0 amide bonds. The Kier molecular flexibility index (Phi) is 6.81. The molecule has 6 nitrogen and oxygen atoms in total. The van der Waals surface area contributed by atoms with E-state index in [1.54, 1.807) is 24.3 Å². The van der Waals surface area contributed by atoms with Crippen LogP contribution in [0, 0.1) is 5.41 Å². The summed E-state index contributed by atoms with van der Waals surface area (Å²) in [6.45, 7) is 4.81. The molecule has 1 aliphatic heterocycles. The molecule has 0 aliphatic carbocycles. The van der Waals surface area contributed by atoms with Crippen molar-refractivity contribution in [2.24, 2.45) is 11.1 Å². The molecule has 1 aliphatic rings. The van der Waals surface area contributed by atoms with Gasteiger partial charge in [0.2, 0.25) is 10.0 Å².